The van der Waals surface area contributed by atoms with Crippen molar-refractivity contribution in [2.45, 2.75) is 20.0 Å². The van der Waals surface area contributed by atoms with Crippen LogP contribution in [0.2, 0.25) is 10.0 Å². The molecule has 0 aliphatic carbocycles. The van der Waals surface area contributed by atoms with Crippen molar-refractivity contribution in [1.82, 2.24) is 4.90 Å². The average molecular weight is 407 g/mol. The smallest absolute Gasteiger partial charge is 0.322 e. The molecule has 4 nitrogen and oxygen atoms in total. The van der Waals surface area contributed by atoms with Gasteiger partial charge in [0.25, 0.3) is 0 Å². The van der Waals surface area contributed by atoms with Gasteiger partial charge in [-0.05, 0) is 55.0 Å². The fourth-order valence-electron chi connectivity index (χ4n) is 2.54. The lowest BCUT2D eigenvalue weighted by atomic mass is 10.2. The minimum absolute atomic E-state index is 0.262. The first-order chi connectivity index (χ1) is 12.9. The molecular weight excluding hydrogens is 390 g/mol. The second-order valence-corrected chi connectivity index (χ2v) is 6.87. The molecule has 27 heavy (non-hydrogen) atoms. The number of carbonyl (C=O) groups is 1. The average Bonchev–Trinajstić information content (AvgIpc) is 3.04. The van der Waals surface area contributed by atoms with Gasteiger partial charge in [-0.2, -0.15) is 0 Å². The third-order valence-electron chi connectivity index (χ3n) is 3.89. The third-order valence-corrected chi connectivity index (χ3v) is 4.63. The summed E-state index contributed by atoms with van der Waals surface area (Å²) in [4.78, 5) is 14.4. The summed E-state index contributed by atoms with van der Waals surface area (Å²) in [7, 11) is 0. The zero-order valence-corrected chi connectivity index (χ0v) is 16.0. The Bertz CT molecular complexity index is 941. The number of hydrogen-bond acceptors (Lipinski definition) is 2. The molecule has 0 aliphatic rings. The summed E-state index contributed by atoms with van der Waals surface area (Å²) in [5, 5.41) is 3.55. The first-order valence-electron chi connectivity index (χ1n) is 8.21. The molecule has 2 amide bonds. The van der Waals surface area contributed by atoms with Crippen LogP contribution in [-0.2, 0) is 13.1 Å². The summed E-state index contributed by atoms with van der Waals surface area (Å²) in [6, 6.07) is 14.2. The molecule has 0 aliphatic heterocycles. The van der Waals surface area contributed by atoms with Crippen LogP contribution in [0.1, 0.15) is 17.1 Å². The van der Waals surface area contributed by atoms with Gasteiger partial charge in [-0.1, -0.05) is 35.3 Å². The minimum atomic E-state index is -0.341. The van der Waals surface area contributed by atoms with Crippen molar-refractivity contribution in [2.24, 2.45) is 0 Å². The van der Waals surface area contributed by atoms with Crippen molar-refractivity contribution in [2.75, 3.05) is 5.32 Å². The van der Waals surface area contributed by atoms with E-state index in [2.05, 4.69) is 5.32 Å². The highest BCUT2D eigenvalue weighted by molar-refractivity contribution is 6.42. The second-order valence-electron chi connectivity index (χ2n) is 6.05. The van der Waals surface area contributed by atoms with E-state index >= 15 is 0 Å². The maximum atomic E-state index is 13.2. The van der Waals surface area contributed by atoms with Crippen LogP contribution in [0.15, 0.2) is 59.0 Å². The van der Waals surface area contributed by atoms with Gasteiger partial charge >= 0.3 is 6.03 Å². The van der Waals surface area contributed by atoms with Crippen molar-refractivity contribution >= 4 is 34.9 Å². The molecule has 3 aromatic rings. The Kier molecular flexibility index (Phi) is 6.04. The zero-order valence-electron chi connectivity index (χ0n) is 14.5. The monoisotopic (exact) mass is 406 g/mol. The SMILES string of the molecule is Cc1ccc(CN(Cc2ccc(F)cc2)C(=O)Nc2ccc(Cl)c(Cl)c2)o1. The molecule has 1 N–H and O–H groups in total. The normalized spacial score (nSPS) is 10.7. The number of nitrogens with one attached hydrogen (secondary N) is 1. The van der Waals surface area contributed by atoms with Gasteiger partial charge in [0.1, 0.15) is 17.3 Å². The molecule has 1 aromatic heterocycles. The quantitative estimate of drug-likeness (QED) is 0.542. The van der Waals surface area contributed by atoms with Gasteiger partial charge in [-0.3, -0.25) is 0 Å². The number of rotatable bonds is 5. The van der Waals surface area contributed by atoms with E-state index in [1.54, 1.807) is 35.2 Å². The number of nitrogens with zero attached hydrogens (tertiary/aromatic N) is 1. The van der Waals surface area contributed by atoms with Gasteiger partial charge in [0, 0.05) is 12.2 Å². The number of halogens is 3. The summed E-state index contributed by atoms with van der Waals surface area (Å²) in [6.45, 7) is 2.38. The van der Waals surface area contributed by atoms with E-state index in [4.69, 9.17) is 27.6 Å². The Morgan fingerprint density at radius 1 is 1.04 bits per heavy atom. The van der Waals surface area contributed by atoms with Crippen molar-refractivity contribution in [1.29, 1.82) is 0 Å². The summed E-state index contributed by atoms with van der Waals surface area (Å²) < 4.78 is 18.7. The molecule has 0 radical (unpaired) electrons. The molecule has 140 valence electrons. The first-order valence-corrected chi connectivity index (χ1v) is 8.97. The maximum absolute atomic E-state index is 13.2. The summed E-state index contributed by atoms with van der Waals surface area (Å²) in [6.07, 6.45) is 0. The highest BCUT2D eigenvalue weighted by atomic mass is 35.5. The fourth-order valence-corrected chi connectivity index (χ4v) is 2.84. The van der Waals surface area contributed by atoms with Gasteiger partial charge in [-0.15, -0.1) is 0 Å². The lowest BCUT2D eigenvalue weighted by molar-refractivity contribution is 0.201. The van der Waals surface area contributed by atoms with Crippen LogP contribution in [0.3, 0.4) is 0 Å². The van der Waals surface area contributed by atoms with Crippen LogP contribution in [-0.4, -0.2) is 10.9 Å². The molecule has 7 heteroatoms. The molecule has 0 saturated heterocycles. The second kappa shape index (κ2) is 8.46. The predicted octanol–water partition coefficient (Wildman–Crippen LogP) is 6.27. The molecule has 0 fully saturated rings. The Balaban J connectivity index is 1.79. The molecule has 0 bridgehead atoms. The van der Waals surface area contributed by atoms with Crippen LogP contribution in [0.4, 0.5) is 14.9 Å². The fraction of sp³-hybridized carbons (Fsp3) is 0.150. The van der Waals surface area contributed by atoms with E-state index in [1.165, 1.54) is 12.1 Å². The number of aryl methyl sites for hydroxylation is 1. The highest BCUT2D eigenvalue weighted by Crippen LogP contribution is 2.25. The van der Waals surface area contributed by atoms with E-state index < -0.39 is 0 Å². The van der Waals surface area contributed by atoms with Crippen LogP contribution in [0.25, 0.3) is 0 Å². The predicted molar refractivity (Wildman–Crippen MR) is 105 cm³/mol. The Labute approximate surface area is 166 Å². The molecule has 0 saturated carbocycles. The highest BCUT2D eigenvalue weighted by Gasteiger charge is 2.17. The van der Waals surface area contributed by atoms with Gasteiger partial charge in [0.15, 0.2) is 0 Å². The van der Waals surface area contributed by atoms with Gasteiger partial charge < -0.3 is 14.6 Å². The van der Waals surface area contributed by atoms with E-state index in [1.807, 2.05) is 19.1 Å². The minimum Gasteiger partial charge on any atom is -0.464 e. The van der Waals surface area contributed by atoms with Crippen molar-refractivity contribution in [3.05, 3.63) is 87.5 Å². The number of benzene rings is 2. The van der Waals surface area contributed by atoms with Crippen LogP contribution in [0, 0.1) is 12.7 Å². The topological polar surface area (TPSA) is 45.5 Å². The Morgan fingerprint density at radius 3 is 2.41 bits per heavy atom. The summed E-state index contributed by atoms with van der Waals surface area (Å²) in [5.41, 5.74) is 1.32. The molecule has 0 atom stereocenters. The van der Waals surface area contributed by atoms with Gasteiger partial charge in [0.2, 0.25) is 0 Å². The van der Waals surface area contributed by atoms with Gasteiger partial charge in [-0.25, -0.2) is 9.18 Å². The lowest BCUT2D eigenvalue weighted by Gasteiger charge is -2.22. The molecule has 2 aromatic carbocycles. The van der Waals surface area contributed by atoms with Crippen LogP contribution in [0.5, 0.6) is 0 Å². The number of urea groups is 1. The van der Waals surface area contributed by atoms with Crippen molar-refractivity contribution in [3.63, 3.8) is 0 Å². The molecule has 3 rings (SSSR count). The van der Waals surface area contributed by atoms with E-state index in [9.17, 15) is 9.18 Å². The number of furan rings is 1. The number of anilines is 1. The van der Waals surface area contributed by atoms with E-state index in [0.717, 1.165) is 11.3 Å². The van der Waals surface area contributed by atoms with Crippen LogP contribution >= 0.6 is 23.2 Å². The van der Waals surface area contributed by atoms with Gasteiger partial charge in [0.05, 0.1) is 16.6 Å². The zero-order chi connectivity index (χ0) is 19.4. The van der Waals surface area contributed by atoms with E-state index in [0.29, 0.717) is 21.5 Å². The molecule has 0 spiro atoms. The molecule has 1 heterocycles. The number of carbonyl (C=O) groups excluding carboxylic acids is 1. The molecule has 0 unspecified atom stereocenters. The van der Waals surface area contributed by atoms with E-state index in [-0.39, 0.29) is 24.9 Å². The van der Waals surface area contributed by atoms with Crippen molar-refractivity contribution in [3.8, 4) is 0 Å². The number of amides is 2. The Morgan fingerprint density at radius 2 is 1.78 bits per heavy atom. The lowest BCUT2D eigenvalue weighted by Crippen LogP contribution is -2.34. The standard InChI is InChI=1S/C20H17Cl2FN2O2/c1-13-2-8-17(27-13)12-25(11-14-3-5-15(23)6-4-14)20(26)24-16-7-9-18(21)19(22)10-16/h2-10H,11-12H2,1H3,(H,24,26). The van der Waals surface area contributed by atoms with Crippen LogP contribution < -0.4 is 5.32 Å². The van der Waals surface area contributed by atoms with Crippen molar-refractivity contribution < 1.29 is 13.6 Å². The maximum Gasteiger partial charge on any atom is 0.322 e. The summed E-state index contributed by atoms with van der Waals surface area (Å²) >= 11 is 11.9. The number of hydrogen-bond donors (Lipinski definition) is 1. The molecular formula is C20H17Cl2FN2O2. The first kappa shape index (κ1) is 19.3. The third kappa shape index (κ3) is 5.25. The summed E-state index contributed by atoms with van der Waals surface area (Å²) in [5.74, 6) is 1.09. The largest absolute Gasteiger partial charge is 0.464 e. The Hall–Kier alpha value is -2.50.